The fourth-order valence-electron chi connectivity index (χ4n) is 0.889. The molecule has 0 saturated carbocycles. The standard InChI is InChI=1S/C4H9S.2C2H5O.Ti/c1-2-3-4-5;2*1-2-3;/h5H,1-4H2;2*2H2,1H3;/q;2*-1;+2. The van der Waals surface area contributed by atoms with Crippen LogP contribution in [-0.2, 0) is 25.3 Å². The van der Waals surface area contributed by atoms with Crippen LogP contribution in [0.3, 0.4) is 0 Å². The molecule has 0 aromatic rings. The maximum absolute atomic E-state index is 5.55. The van der Waals surface area contributed by atoms with Gasteiger partial charge in [-0.25, -0.2) is 0 Å². The van der Waals surface area contributed by atoms with E-state index in [2.05, 4.69) is 12.6 Å². The van der Waals surface area contributed by atoms with E-state index in [1.54, 1.807) is 0 Å². The molecule has 0 rings (SSSR count). The molecule has 73 valence electrons. The van der Waals surface area contributed by atoms with Gasteiger partial charge >= 0.3 is 88.3 Å². The van der Waals surface area contributed by atoms with E-state index >= 15 is 0 Å². The van der Waals surface area contributed by atoms with Gasteiger partial charge in [-0.1, -0.05) is 0 Å². The first-order valence-electron chi connectivity index (χ1n) is 4.57. The quantitative estimate of drug-likeness (QED) is 0.390. The second-order valence-corrected chi connectivity index (χ2v) is 5.71. The van der Waals surface area contributed by atoms with Crippen molar-refractivity contribution in [1.29, 1.82) is 0 Å². The van der Waals surface area contributed by atoms with Crippen LogP contribution in [0.15, 0.2) is 0 Å². The Morgan fingerprint density at radius 3 is 2.08 bits per heavy atom. The Labute approximate surface area is 88.2 Å². The first kappa shape index (κ1) is 13.0. The zero-order valence-corrected chi connectivity index (χ0v) is 10.5. The Hall–Kier alpha value is 0.984. The molecule has 12 heavy (non-hydrogen) atoms. The third kappa shape index (κ3) is 7.62. The van der Waals surface area contributed by atoms with Gasteiger partial charge < -0.3 is 0 Å². The van der Waals surface area contributed by atoms with E-state index < -0.39 is 18.6 Å². The molecule has 0 saturated heterocycles. The number of hydrogen-bond acceptors (Lipinski definition) is 3. The van der Waals surface area contributed by atoms with Crippen molar-refractivity contribution >= 4 is 12.6 Å². The summed E-state index contributed by atoms with van der Waals surface area (Å²) in [4.78, 5) is 0. The van der Waals surface area contributed by atoms with Crippen LogP contribution in [0.2, 0.25) is 4.73 Å². The molecule has 0 heterocycles. The average Bonchev–Trinajstić information content (AvgIpc) is 2.06. The summed E-state index contributed by atoms with van der Waals surface area (Å²) in [6, 6.07) is 0. The van der Waals surface area contributed by atoms with Crippen molar-refractivity contribution in [2.24, 2.45) is 0 Å². The van der Waals surface area contributed by atoms with Gasteiger partial charge in [-0.2, -0.15) is 0 Å². The van der Waals surface area contributed by atoms with Crippen molar-refractivity contribution in [3.63, 3.8) is 0 Å². The third-order valence-corrected chi connectivity index (χ3v) is 4.81. The van der Waals surface area contributed by atoms with E-state index in [4.69, 9.17) is 6.64 Å². The van der Waals surface area contributed by atoms with Crippen LogP contribution in [0.5, 0.6) is 0 Å². The molecule has 0 aliphatic rings. The van der Waals surface area contributed by atoms with Gasteiger partial charge in [-0.05, 0) is 0 Å². The monoisotopic (exact) mass is 227 g/mol. The zero-order chi connectivity index (χ0) is 9.23. The molecule has 0 fully saturated rings. The van der Waals surface area contributed by atoms with Gasteiger partial charge in [-0.3, -0.25) is 0 Å². The molecular formula is C8H19O2STi. The first-order valence-corrected chi connectivity index (χ1v) is 7.58. The molecule has 0 aromatic heterocycles. The van der Waals surface area contributed by atoms with Crippen LogP contribution in [-0.4, -0.2) is 19.0 Å². The van der Waals surface area contributed by atoms with Gasteiger partial charge in [0, 0.05) is 0 Å². The second-order valence-electron chi connectivity index (χ2n) is 2.42. The topological polar surface area (TPSA) is 18.5 Å². The van der Waals surface area contributed by atoms with Crippen molar-refractivity contribution in [3.8, 4) is 0 Å². The molecule has 0 N–H and O–H groups in total. The SMILES string of the molecule is CC[O][Ti]([CH2]CCCS)[O]CC. The van der Waals surface area contributed by atoms with Gasteiger partial charge in [0.1, 0.15) is 0 Å². The number of thiol groups is 1. The van der Waals surface area contributed by atoms with Crippen molar-refractivity contribution in [3.05, 3.63) is 0 Å². The van der Waals surface area contributed by atoms with E-state index in [1.165, 1.54) is 12.8 Å². The molecule has 0 unspecified atom stereocenters. The van der Waals surface area contributed by atoms with Gasteiger partial charge in [0.2, 0.25) is 0 Å². The maximum atomic E-state index is 5.55. The molecule has 0 spiro atoms. The normalized spacial score (nSPS) is 10.2. The summed E-state index contributed by atoms with van der Waals surface area (Å²) in [7, 11) is 0. The molecule has 0 aliphatic heterocycles. The summed E-state index contributed by atoms with van der Waals surface area (Å²) in [5.74, 6) is 0.976. The number of unbranched alkanes of at least 4 members (excludes halogenated alkanes) is 1. The summed E-state index contributed by atoms with van der Waals surface area (Å²) in [5.41, 5.74) is 0. The minimum absolute atomic E-state index is 0.802. The van der Waals surface area contributed by atoms with Crippen LogP contribution >= 0.6 is 12.6 Å². The Kier molecular flexibility index (Phi) is 10.9. The van der Waals surface area contributed by atoms with E-state index in [9.17, 15) is 0 Å². The zero-order valence-electron chi connectivity index (χ0n) is 8.01. The summed E-state index contributed by atoms with van der Waals surface area (Å²) in [5, 5.41) is 0. The van der Waals surface area contributed by atoms with E-state index in [0.717, 1.165) is 23.7 Å². The van der Waals surface area contributed by atoms with Gasteiger partial charge in [0.15, 0.2) is 0 Å². The van der Waals surface area contributed by atoms with Crippen LogP contribution in [0.4, 0.5) is 0 Å². The molecule has 0 radical (unpaired) electrons. The molecule has 0 atom stereocenters. The van der Waals surface area contributed by atoms with Crippen molar-refractivity contribution in [1.82, 2.24) is 0 Å². The summed E-state index contributed by atoms with van der Waals surface area (Å²) >= 11 is 2.61. The van der Waals surface area contributed by atoms with Crippen molar-refractivity contribution < 1.29 is 25.3 Å². The molecule has 0 aliphatic carbocycles. The van der Waals surface area contributed by atoms with Crippen molar-refractivity contribution in [2.45, 2.75) is 31.4 Å². The van der Waals surface area contributed by atoms with Gasteiger partial charge in [0.05, 0.1) is 0 Å². The fraction of sp³-hybridized carbons (Fsp3) is 1.00. The van der Waals surface area contributed by atoms with Gasteiger partial charge in [-0.15, -0.1) is 0 Å². The number of hydrogen-bond donors (Lipinski definition) is 1. The third-order valence-electron chi connectivity index (χ3n) is 1.40. The molecule has 0 aromatic carbocycles. The Morgan fingerprint density at radius 2 is 1.67 bits per heavy atom. The fourth-order valence-corrected chi connectivity index (χ4v) is 3.54. The van der Waals surface area contributed by atoms with Crippen LogP contribution < -0.4 is 0 Å². The second kappa shape index (κ2) is 10.1. The van der Waals surface area contributed by atoms with Crippen LogP contribution in [0.25, 0.3) is 0 Å². The van der Waals surface area contributed by atoms with Crippen LogP contribution in [0.1, 0.15) is 26.7 Å². The Bertz CT molecular complexity index is 87.1. The first-order chi connectivity index (χ1) is 5.85. The van der Waals surface area contributed by atoms with Crippen molar-refractivity contribution in [2.75, 3.05) is 19.0 Å². The number of rotatable bonds is 8. The predicted octanol–water partition coefficient (Wildman–Crippen LogP) is 2.64. The summed E-state index contributed by atoms with van der Waals surface area (Å²) in [6.45, 7) is 5.67. The summed E-state index contributed by atoms with van der Waals surface area (Å²) < 4.78 is 12.3. The van der Waals surface area contributed by atoms with E-state index in [-0.39, 0.29) is 0 Å². The molecular weight excluding hydrogens is 208 g/mol. The van der Waals surface area contributed by atoms with E-state index in [0.29, 0.717) is 0 Å². The minimum atomic E-state index is -1.56. The molecule has 0 bridgehead atoms. The Balaban J connectivity index is 3.34. The van der Waals surface area contributed by atoms with Gasteiger partial charge in [0.25, 0.3) is 0 Å². The average molecular weight is 227 g/mol. The molecule has 0 amide bonds. The summed E-state index contributed by atoms with van der Waals surface area (Å²) in [6.07, 6.45) is 2.39. The molecule has 4 heteroatoms. The van der Waals surface area contributed by atoms with E-state index in [1.807, 2.05) is 13.8 Å². The molecule has 2 nitrogen and oxygen atoms in total. The van der Waals surface area contributed by atoms with Crippen LogP contribution in [0, 0.1) is 0 Å². The Morgan fingerprint density at radius 1 is 1.08 bits per heavy atom. The predicted molar refractivity (Wildman–Crippen MR) is 51.1 cm³/mol.